The highest BCUT2D eigenvalue weighted by molar-refractivity contribution is 8.00. The Bertz CT molecular complexity index is 578. The first kappa shape index (κ1) is 13.8. The fraction of sp³-hybridized carbons (Fsp3) is 0.182. The Hall–Kier alpha value is -1.60. The molecule has 2 aromatic rings. The molecule has 2 N–H and O–H groups in total. The van der Waals surface area contributed by atoms with Gasteiger partial charge in [-0.25, -0.2) is 9.37 Å². The van der Waals surface area contributed by atoms with E-state index in [9.17, 15) is 9.18 Å². The number of anilines is 1. The lowest BCUT2D eigenvalue weighted by Gasteiger charge is -2.11. The van der Waals surface area contributed by atoms with Crippen LogP contribution in [0.25, 0.3) is 0 Å². The molecule has 100 valence electrons. The van der Waals surface area contributed by atoms with E-state index in [1.54, 1.807) is 6.92 Å². The number of H-pyrrole nitrogens is 1. The normalized spacial score (nSPS) is 12.2. The maximum absolute atomic E-state index is 12.9. The summed E-state index contributed by atoms with van der Waals surface area (Å²) in [5.41, 5.74) is 0.373. The van der Waals surface area contributed by atoms with Crippen molar-refractivity contribution in [3.8, 4) is 0 Å². The van der Waals surface area contributed by atoms with Crippen molar-refractivity contribution >= 4 is 35.0 Å². The number of rotatable bonds is 4. The summed E-state index contributed by atoms with van der Waals surface area (Å²) in [5, 5.41) is 9.28. The second kappa shape index (κ2) is 6.03. The zero-order valence-electron chi connectivity index (χ0n) is 9.85. The third kappa shape index (κ3) is 3.68. The van der Waals surface area contributed by atoms with Gasteiger partial charge in [-0.3, -0.25) is 9.89 Å². The van der Waals surface area contributed by atoms with E-state index >= 15 is 0 Å². The average Bonchev–Trinajstić information content (AvgIpc) is 2.85. The molecule has 0 aliphatic carbocycles. The molecule has 0 aliphatic heterocycles. The summed E-state index contributed by atoms with van der Waals surface area (Å²) < 4.78 is 12.9. The molecule has 0 bridgehead atoms. The lowest BCUT2D eigenvalue weighted by Crippen LogP contribution is -2.22. The van der Waals surface area contributed by atoms with Crippen molar-refractivity contribution < 1.29 is 9.18 Å². The average molecular weight is 301 g/mol. The van der Waals surface area contributed by atoms with Gasteiger partial charge < -0.3 is 5.32 Å². The minimum Gasteiger partial charge on any atom is -0.324 e. The van der Waals surface area contributed by atoms with Crippen molar-refractivity contribution in [2.75, 3.05) is 5.32 Å². The van der Waals surface area contributed by atoms with Crippen molar-refractivity contribution in [1.82, 2.24) is 15.2 Å². The second-order valence-electron chi connectivity index (χ2n) is 3.66. The van der Waals surface area contributed by atoms with Crippen molar-refractivity contribution in [1.29, 1.82) is 0 Å². The summed E-state index contributed by atoms with van der Waals surface area (Å²) in [6.45, 7) is 1.72. The number of halogens is 2. The predicted molar refractivity (Wildman–Crippen MR) is 71.7 cm³/mol. The fourth-order valence-corrected chi connectivity index (χ4v) is 2.23. The molecule has 8 heteroatoms. The minimum absolute atomic E-state index is 0.158. The van der Waals surface area contributed by atoms with Crippen LogP contribution in [0.5, 0.6) is 0 Å². The molecule has 1 heterocycles. The first-order valence-electron chi connectivity index (χ1n) is 5.34. The number of aromatic amines is 1. The molecule has 2 rings (SSSR count). The first-order chi connectivity index (χ1) is 9.06. The Balaban J connectivity index is 2.00. The molecule has 0 radical (unpaired) electrons. The van der Waals surface area contributed by atoms with E-state index < -0.39 is 11.1 Å². The van der Waals surface area contributed by atoms with Crippen molar-refractivity contribution in [2.24, 2.45) is 0 Å². The summed E-state index contributed by atoms with van der Waals surface area (Å²) in [4.78, 5) is 15.8. The van der Waals surface area contributed by atoms with Gasteiger partial charge in [-0.1, -0.05) is 23.4 Å². The minimum atomic E-state index is -0.452. The Morgan fingerprint density at radius 3 is 3.00 bits per heavy atom. The Labute approximate surface area is 118 Å². The van der Waals surface area contributed by atoms with Crippen LogP contribution in [-0.4, -0.2) is 26.3 Å². The molecule has 0 saturated heterocycles. The van der Waals surface area contributed by atoms with Crippen LogP contribution in [0.2, 0.25) is 5.02 Å². The standard InChI is InChI=1S/C11H10ClFN4OS/c1-6(19-11-14-5-15-17-11)10(18)16-9-3-2-7(13)4-8(9)12/h2-6H,1H3,(H,16,18)(H,14,15,17)/t6-/m0/s1. The highest BCUT2D eigenvalue weighted by Gasteiger charge is 2.17. The molecular weight excluding hydrogens is 291 g/mol. The van der Waals surface area contributed by atoms with Crippen molar-refractivity contribution in [3.63, 3.8) is 0 Å². The van der Waals surface area contributed by atoms with Gasteiger partial charge in [0, 0.05) is 0 Å². The third-order valence-corrected chi connectivity index (χ3v) is 3.54. The number of aromatic nitrogens is 3. The zero-order chi connectivity index (χ0) is 13.8. The quantitative estimate of drug-likeness (QED) is 0.852. The maximum atomic E-state index is 12.9. The van der Waals surface area contributed by atoms with Crippen LogP contribution in [0, 0.1) is 5.82 Å². The Morgan fingerprint density at radius 1 is 1.58 bits per heavy atom. The van der Waals surface area contributed by atoms with Gasteiger partial charge in [-0.05, 0) is 25.1 Å². The van der Waals surface area contributed by atoms with E-state index in [0.717, 1.165) is 6.07 Å². The molecule has 1 aromatic heterocycles. The lowest BCUT2D eigenvalue weighted by molar-refractivity contribution is -0.115. The van der Waals surface area contributed by atoms with Gasteiger partial charge in [0.2, 0.25) is 5.91 Å². The molecule has 1 atom stereocenters. The molecule has 0 saturated carbocycles. The summed E-state index contributed by atoms with van der Waals surface area (Å²) in [7, 11) is 0. The lowest BCUT2D eigenvalue weighted by atomic mass is 10.3. The monoisotopic (exact) mass is 300 g/mol. The summed E-state index contributed by atoms with van der Waals surface area (Å²) in [6.07, 6.45) is 1.36. The molecule has 19 heavy (non-hydrogen) atoms. The second-order valence-corrected chi connectivity index (χ2v) is 5.40. The number of thioether (sulfide) groups is 1. The highest BCUT2D eigenvalue weighted by Crippen LogP contribution is 2.24. The smallest absolute Gasteiger partial charge is 0.237 e. The van der Waals surface area contributed by atoms with Gasteiger partial charge in [-0.2, -0.15) is 5.10 Å². The SMILES string of the molecule is C[C@H](Sc1ncn[nH]1)C(=O)Nc1ccc(F)cc1Cl. The largest absolute Gasteiger partial charge is 0.324 e. The number of hydrogen-bond acceptors (Lipinski definition) is 4. The molecule has 1 amide bonds. The predicted octanol–water partition coefficient (Wildman–Crippen LogP) is 2.72. The van der Waals surface area contributed by atoms with E-state index in [2.05, 4.69) is 20.5 Å². The zero-order valence-corrected chi connectivity index (χ0v) is 11.4. The summed E-state index contributed by atoms with van der Waals surface area (Å²) >= 11 is 7.06. The van der Waals surface area contributed by atoms with Crippen LogP contribution in [0.3, 0.4) is 0 Å². The molecule has 0 aliphatic rings. The van der Waals surface area contributed by atoms with Crippen LogP contribution < -0.4 is 5.32 Å². The van der Waals surface area contributed by atoms with Crippen LogP contribution in [0.15, 0.2) is 29.7 Å². The van der Waals surface area contributed by atoms with E-state index in [-0.39, 0.29) is 10.9 Å². The van der Waals surface area contributed by atoms with Crippen LogP contribution in [0.1, 0.15) is 6.92 Å². The van der Waals surface area contributed by atoms with Gasteiger partial charge in [0.25, 0.3) is 0 Å². The molecular formula is C11H10ClFN4OS. The number of nitrogens with zero attached hydrogens (tertiary/aromatic N) is 2. The third-order valence-electron chi connectivity index (χ3n) is 2.24. The molecule has 5 nitrogen and oxygen atoms in total. The highest BCUT2D eigenvalue weighted by atomic mass is 35.5. The number of carbonyl (C=O) groups is 1. The maximum Gasteiger partial charge on any atom is 0.237 e. The number of nitrogens with one attached hydrogen (secondary N) is 2. The molecule has 0 fully saturated rings. The van der Waals surface area contributed by atoms with E-state index in [0.29, 0.717) is 10.8 Å². The van der Waals surface area contributed by atoms with Crippen molar-refractivity contribution in [2.45, 2.75) is 17.3 Å². The molecule has 1 aromatic carbocycles. The van der Waals surface area contributed by atoms with Gasteiger partial charge in [0.15, 0.2) is 5.16 Å². The van der Waals surface area contributed by atoms with Gasteiger partial charge in [0.1, 0.15) is 12.1 Å². The molecule has 0 spiro atoms. The Morgan fingerprint density at radius 2 is 2.37 bits per heavy atom. The number of carbonyl (C=O) groups excluding carboxylic acids is 1. The van der Waals surface area contributed by atoms with Crippen LogP contribution >= 0.6 is 23.4 Å². The van der Waals surface area contributed by atoms with Gasteiger partial charge in [0.05, 0.1) is 16.0 Å². The van der Waals surface area contributed by atoms with Crippen molar-refractivity contribution in [3.05, 3.63) is 35.4 Å². The van der Waals surface area contributed by atoms with Gasteiger partial charge >= 0.3 is 0 Å². The topological polar surface area (TPSA) is 70.7 Å². The van der Waals surface area contributed by atoms with E-state index in [1.807, 2.05) is 0 Å². The Kier molecular flexibility index (Phi) is 4.39. The van der Waals surface area contributed by atoms with Gasteiger partial charge in [-0.15, -0.1) is 0 Å². The molecule has 0 unspecified atom stereocenters. The first-order valence-corrected chi connectivity index (χ1v) is 6.60. The summed E-state index contributed by atoms with van der Waals surface area (Å²) in [5.74, 6) is -0.706. The van der Waals surface area contributed by atoms with E-state index in [1.165, 1.54) is 30.2 Å². The van der Waals surface area contributed by atoms with E-state index in [4.69, 9.17) is 11.6 Å². The number of amides is 1. The fourth-order valence-electron chi connectivity index (χ4n) is 1.30. The number of benzene rings is 1. The number of hydrogen-bond donors (Lipinski definition) is 2. The summed E-state index contributed by atoms with van der Waals surface area (Å²) in [6, 6.07) is 3.79. The van der Waals surface area contributed by atoms with Crippen LogP contribution in [-0.2, 0) is 4.79 Å². The van der Waals surface area contributed by atoms with Crippen LogP contribution in [0.4, 0.5) is 10.1 Å².